The molecule has 2 rings (SSSR count). The summed E-state index contributed by atoms with van der Waals surface area (Å²) in [7, 11) is 0. The number of hydrogen-bond acceptors (Lipinski definition) is 1. The Labute approximate surface area is 70.6 Å². The summed E-state index contributed by atoms with van der Waals surface area (Å²) >= 11 is 11.7. The van der Waals surface area contributed by atoms with E-state index in [1.165, 1.54) is 0 Å². The molecule has 0 aromatic heterocycles. The van der Waals surface area contributed by atoms with Crippen molar-refractivity contribution in [2.75, 3.05) is 0 Å². The Morgan fingerprint density at radius 3 is 2.40 bits per heavy atom. The molecule has 3 unspecified atom stereocenters. The molecule has 1 heterocycles. The molecule has 2 aliphatic rings. The van der Waals surface area contributed by atoms with Crippen molar-refractivity contribution < 1.29 is 4.74 Å². The first-order valence-corrected chi connectivity index (χ1v) is 4.38. The molecule has 10 heavy (non-hydrogen) atoms. The fraction of sp³-hybridized carbons (Fsp3) is 1.00. The number of alkyl halides is 2. The lowest BCUT2D eigenvalue weighted by molar-refractivity contribution is 0.363. The van der Waals surface area contributed by atoms with Crippen LogP contribution in [-0.4, -0.2) is 16.5 Å². The van der Waals surface area contributed by atoms with Gasteiger partial charge in [0.25, 0.3) is 0 Å². The zero-order valence-corrected chi connectivity index (χ0v) is 7.32. The van der Waals surface area contributed by atoms with Crippen molar-refractivity contribution in [2.45, 2.75) is 36.3 Å². The Morgan fingerprint density at radius 2 is 2.10 bits per heavy atom. The second-order valence-electron chi connectivity index (χ2n) is 3.28. The second-order valence-corrected chi connectivity index (χ2v) is 4.82. The van der Waals surface area contributed by atoms with Crippen molar-refractivity contribution in [1.29, 1.82) is 0 Å². The molecule has 1 saturated heterocycles. The summed E-state index contributed by atoms with van der Waals surface area (Å²) in [5.74, 6) is 0.491. The molecule has 0 spiro atoms. The number of halogens is 2. The lowest BCUT2D eigenvalue weighted by atomic mass is 10.2. The van der Waals surface area contributed by atoms with Gasteiger partial charge in [-0.05, 0) is 25.7 Å². The summed E-state index contributed by atoms with van der Waals surface area (Å²) in [6.45, 7) is 2.08. The Balaban J connectivity index is 1.75. The van der Waals surface area contributed by atoms with E-state index in [9.17, 15) is 0 Å². The minimum atomic E-state index is -0.411. The first-order valence-electron chi connectivity index (χ1n) is 3.63. The predicted molar refractivity (Wildman–Crippen MR) is 41.5 cm³/mol. The van der Waals surface area contributed by atoms with Crippen LogP contribution in [0.2, 0.25) is 0 Å². The van der Waals surface area contributed by atoms with Crippen molar-refractivity contribution in [1.82, 2.24) is 0 Å². The van der Waals surface area contributed by atoms with Crippen molar-refractivity contribution in [3.63, 3.8) is 0 Å². The van der Waals surface area contributed by atoms with E-state index in [0.717, 1.165) is 12.8 Å². The van der Waals surface area contributed by atoms with Gasteiger partial charge in [-0.2, -0.15) is 0 Å². The Morgan fingerprint density at radius 1 is 1.60 bits per heavy atom. The van der Waals surface area contributed by atoms with Crippen molar-refractivity contribution >= 4 is 23.2 Å². The molecule has 0 radical (unpaired) electrons. The van der Waals surface area contributed by atoms with E-state index in [2.05, 4.69) is 6.92 Å². The van der Waals surface area contributed by atoms with E-state index in [1.807, 2.05) is 0 Å². The summed E-state index contributed by atoms with van der Waals surface area (Å²) < 4.78 is 4.83. The van der Waals surface area contributed by atoms with E-state index >= 15 is 0 Å². The maximum Gasteiger partial charge on any atom is 0.121 e. The standard InChI is InChI=1S/C7H10Cl2O/c1-4-6(10-4)2-5-3-7(5,8)9/h4-6H,2-3H2,1H3. The van der Waals surface area contributed by atoms with Gasteiger partial charge >= 0.3 is 0 Å². The molecule has 0 N–H and O–H groups in total. The van der Waals surface area contributed by atoms with Crippen molar-refractivity contribution in [3.05, 3.63) is 0 Å². The summed E-state index contributed by atoms with van der Waals surface area (Å²) in [4.78, 5) is 0. The first kappa shape index (κ1) is 7.20. The molecular formula is C7H10Cl2O. The molecule has 58 valence electrons. The van der Waals surface area contributed by atoms with Gasteiger partial charge < -0.3 is 4.74 Å². The number of hydrogen-bond donors (Lipinski definition) is 0. The van der Waals surface area contributed by atoms with Crippen molar-refractivity contribution in [3.8, 4) is 0 Å². The minimum absolute atomic E-state index is 0.411. The van der Waals surface area contributed by atoms with E-state index < -0.39 is 4.33 Å². The van der Waals surface area contributed by atoms with Crippen LogP contribution >= 0.6 is 23.2 Å². The average Bonchev–Trinajstić information content (AvgIpc) is 2.57. The molecule has 0 bridgehead atoms. The van der Waals surface area contributed by atoms with Gasteiger partial charge in [-0.15, -0.1) is 23.2 Å². The fourth-order valence-corrected chi connectivity index (χ4v) is 1.83. The van der Waals surface area contributed by atoms with Gasteiger partial charge in [-0.3, -0.25) is 0 Å². The molecule has 1 aliphatic heterocycles. The quantitative estimate of drug-likeness (QED) is 0.470. The molecule has 1 aliphatic carbocycles. The third kappa shape index (κ3) is 1.27. The van der Waals surface area contributed by atoms with E-state index in [-0.39, 0.29) is 0 Å². The van der Waals surface area contributed by atoms with Crippen LogP contribution in [0.4, 0.5) is 0 Å². The maximum atomic E-state index is 5.84. The maximum absolute atomic E-state index is 5.84. The van der Waals surface area contributed by atoms with E-state index in [0.29, 0.717) is 18.1 Å². The average molecular weight is 181 g/mol. The lowest BCUT2D eigenvalue weighted by Crippen LogP contribution is -1.96. The van der Waals surface area contributed by atoms with Crippen LogP contribution in [0.3, 0.4) is 0 Å². The van der Waals surface area contributed by atoms with Crippen LogP contribution < -0.4 is 0 Å². The molecule has 0 aromatic carbocycles. The Hall–Kier alpha value is 0.540. The summed E-state index contributed by atoms with van der Waals surface area (Å²) in [6.07, 6.45) is 2.89. The van der Waals surface area contributed by atoms with Crippen LogP contribution in [-0.2, 0) is 4.74 Å². The summed E-state index contributed by atoms with van der Waals surface area (Å²) in [6, 6.07) is 0. The van der Waals surface area contributed by atoms with Crippen LogP contribution in [0.5, 0.6) is 0 Å². The molecule has 3 atom stereocenters. The summed E-state index contributed by atoms with van der Waals surface area (Å²) in [5, 5.41) is 0. The highest BCUT2D eigenvalue weighted by atomic mass is 35.5. The molecule has 0 aromatic rings. The first-order chi connectivity index (χ1) is 4.59. The minimum Gasteiger partial charge on any atom is -0.370 e. The highest BCUT2D eigenvalue weighted by molar-refractivity contribution is 6.50. The summed E-state index contributed by atoms with van der Waals surface area (Å²) in [5.41, 5.74) is 0. The SMILES string of the molecule is CC1OC1CC1CC1(Cl)Cl. The van der Waals surface area contributed by atoms with Gasteiger partial charge in [0.05, 0.1) is 12.2 Å². The van der Waals surface area contributed by atoms with Gasteiger partial charge in [-0.1, -0.05) is 0 Å². The molecule has 2 fully saturated rings. The number of epoxide rings is 1. The van der Waals surface area contributed by atoms with Crippen LogP contribution in [0.25, 0.3) is 0 Å². The van der Waals surface area contributed by atoms with Gasteiger partial charge in [0.15, 0.2) is 0 Å². The van der Waals surface area contributed by atoms with Crippen LogP contribution in [0.1, 0.15) is 19.8 Å². The third-order valence-corrected chi connectivity index (χ3v) is 3.23. The van der Waals surface area contributed by atoms with Crippen LogP contribution in [0, 0.1) is 5.92 Å². The second kappa shape index (κ2) is 2.02. The topological polar surface area (TPSA) is 12.5 Å². The predicted octanol–water partition coefficient (Wildman–Crippen LogP) is 2.36. The van der Waals surface area contributed by atoms with Gasteiger partial charge in [0.2, 0.25) is 0 Å². The van der Waals surface area contributed by atoms with Crippen LogP contribution in [0.15, 0.2) is 0 Å². The Bertz CT molecular complexity index is 158. The molecule has 0 amide bonds. The molecule has 1 nitrogen and oxygen atoms in total. The van der Waals surface area contributed by atoms with Gasteiger partial charge in [-0.25, -0.2) is 0 Å². The van der Waals surface area contributed by atoms with Gasteiger partial charge in [0.1, 0.15) is 4.33 Å². The normalized spacial score (nSPS) is 48.9. The highest BCUT2D eigenvalue weighted by Gasteiger charge is 2.54. The Kier molecular flexibility index (Phi) is 1.46. The monoisotopic (exact) mass is 180 g/mol. The van der Waals surface area contributed by atoms with Gasteiger partial charge in [0, 0.05) is 0 Å². The third-order valence-electron chi connectivity index (χ3n) is 2.31. The zero-order chi connectivity index (χ0) is 7.35. The molecule has 3 heteroatoms. The number of ether oxygens (including phenoxy) is 1. The lowest BCUT2D eigenvalue weighted by Gasteiger charge is -1.94. The molecular weight excluding hydrogens is 171 g/mol. The number of rotatable bonds is 2. The molecule has 1 saturated carbocycles. The largest absolute Gasteiger partial charge is 0.370 e. The zero-order valence-electron chi connectivity index (χ0n) is 5.81. The van der Waals surface area contributed by atoms with Crippen molar-refractivity contribution in [2.24, 2.45) is 5.92 Å². The fourth-order valence-electron chi connectivity index (χ4n) is 1.28. The highest BCUT2D eigenvalue weighted by Crippen LogP contribution is 2.56. The smallest absolute Gasteiger partial charge is 0.121 e. The van der Waals surface area contributed by atoms with E-state index in [1.54, 1.807) is 0 Å². The van der Waals surface area contributed by atoms with E-state index in [4.69, 9.17) is 27.9 Å².